The van der Waals surface area contributed by atoms with E-state index in [-0.39, 0.29) is 15.6 Å². The lowest BCUT2D eigenvalue weighted by Crippen LogP contribution is -2.44. The van der Waals surface area contributed by atoms with Gasteiger partial charge < -0.3 is 5.32 Å². The van der Waals surface area contributed by atoms with E-state index >= 15 is 0 Å². The molecule has 0 aliphatic heterocycles. The summed E-state index contributed by atoms with van der Waals surface area (Å²) in [7, 11) is 0. The predicted octanol–water partition coefficient (Wildman–Crippen LogP) is 5.51. The van der Waals surface area contributed by atoms with Crippen LogP contribution in [0, 0.1) is 3.57 Å². The van der Waals surface area contributed by atoms with Gasteiger partial charge in [0.05, 0.1) is 16.6 Å². The highest BCUT2D eigenvalue weighted by atomic mass is 127. The van der Waals surface area contributed by atoms with E-state index in [9.17, 15) is 13.6 Å². The van der Waals surface area contributed by atoms with Crippen molar-refractivity contribution in [3.8, 4) is 0 Å². The van der Waals surface area contributed by atoms with Crippen molar-refractivity contribution < 1.29 is 13.6 Å². The highest BCUT2D eigenvalue weighted by Gasteiger charge is 2.41. The van der Waals surface area contributed by atoms with Crippen LogP contribution in [0.3, 0.4) is 0 Å². The Balaban J connectivity index is 2.23. The predicted molar refractivity (Wildman–Crippen MR) is 96.4 cm³/mol. The van der Waals surface area contributed by atoms with Crippen LogP contribution in [0.1, 0.15) is 22.8 Å². The minimum Gasteiger partial charge on any atom is -0.343 e. The van der Waals surface area contributed by atoms with Gasteiger partial charge in [0.25, 0.3) is 11.8 Å². The largest absolute Gasteiger partial charge is 0.343 e. The number of nitrogens with one attached hydrogen (secondary N) is 1. The summed E-state index contributed by atoms with van der Waals surface area (Å²) >= 11 is 13.6. The molecule has 2 nitrogen and oxygen atoms in total. The summed E-state index contributed by atoms with van der Waals surface area (Å²) in [4.78, 5) is 12.2. The van der Waals surface area contributed by atoms with Crippen molar-refractivity contribution in [2.45, 2.75) is 18.9 Å². The van der Waals surface area contributed by atoms with E-state index < -0.39 is 17.9 Å². The zero-order valence-electron chi connectivity index (χ0n) is 11.9. The molecule has 0 aromatic heterocycles. The van der Waals surface area contributed by atoms with Crippen molar-refractivity contribution in [1.82, 2.24) is 5.32 Å². The van der Waals surface area contributed by atoms with Crippen molar-refractivity contribution in [3.05, 3.63) is 67.2 Å². The summed E-state index contributed by atoms with van der Waals surface area (Å²) in [5.41, 5.74) is -0.0305. The van der Waals surface area contributed by atoms with Crippen LogP contribution in [0.15, 0.2) is 42.5 Å². The van der Waals surface area contributed by atoms with Gasteiger partial charge in [-0.2, -0.15) is 8.78 Å². The molecule has 1 atom stereocenters. The van der Waals surface area contributed by atoms with Crippen LogP contribution in [0.4, 0.5) is 8.78 Å². The van der Waals surface area contributed by atoms with Gasteiger partial charge in [-0.1, -0.05) is 35.3 Å². The highest BCUT2D eigenvalue weighted by Crippen LogP contribution is 2.37. The lowest BCUT2D eigenvalue weighted by atomic mass is 10.0. The number of hydrogen-bond donors (Lipinski definition) is 1. The second kappa shape index (κ2) is 7.32. The summed E-state index contributed by atoms with van der Waals surface area (Å²) in [6.07, 6.45) is 0. The molecular formula is C16H12Cl2F2INO. The molecule has 1 N–H and O–H groups in total. The van der Waals surface area contributed by atoms with E-state index in [1.165, 1.54) is 25.1 Å². The quantitative estimate of drug-likeness (QED) is 0.588. The number of hydrogen-bond acceptors (Lipinski definition) is 1. The third kappa shape index (κ3) is 4.14. The van der Waals surface area contributed by atoms with Crippen molar-refractivity contribution in [1.29, 1.82) is 0 Å². The molecule has 0 unspecified atom stereocenters. The number of rotatable bonds is 4. The van der Waals surface area contributed by atoms with Crippen LogP contribution in [-0.4, -0.2) is 11.9 Å². The Morgan fingerprint density at radius 2 is 1.87 bits per heavy atom. The van der Waals surface area contributed by atoms with Gasteiger partial charge >= 0.3 is 0 Å². The van der Waals surface area contributed by atoms with Gasteiger partial charge in [-0.25, -0.2) is 0 Å². The topological polar surface area (TPSA) is 29.1 Å². The fraction of sp³-hybridized carbons (Fsp3) is 0.188. The maximum atomic E-state index is 14.6. The first-order chi connectivity index (χ1) is 10.7. The van der Waals surface area contributed by atoms with Gasteiger partial charge in [0, 0.05) is 14.2 Å². The second-order valence-corrected chi connectivity index (χ2v) is 6.93. The summed E-state index contributed by atoms with van der Waals surface area (Å²) in [5, 5.41) is 2.46. The molecule has 7 heteroatoms. The minimum atomic E-state index is -3.34. The second-order valence-electron chi connectivity index (χ2n) is 4.92. The first-order valence-corrected chi connectivity index (χ1v) is 8.45. The van der Waals surface area contributed by atoms with Gasteiger partial charge in [-0.15, -0.1) is 0 Å². The highest BCUT2D eigenvalue weighted by molar-refractivity contribution is 14.1. The molecule has 0 fully saturated rings. The molecule has 0 spiro atoms. The molecule has 0 bridgehead atoms. The maximum absolute atomic E-state index is 14.6. The Morgan fingerprint density at radius 3 is 2.48 bits per heavy atom. The molecule has 0 heterocycles. The molecule has 23 heavy (non-hydrogen) atoms. The lowest BCUT2D eigenvalue weighted by Gasteiger charge is -2.26. The average Bonchev–Trinajstić information content (AvgIpc) is 2.47. The smallest absolute Gasteiger partial charge is 0.294 e. The fourth-order valence-corrected chi connectivity index (χ4v) is 3.17. The number of carbonyl (C=O) groups excluding carboxylic acids is 1. The van der Waals surface area contributed by atoms with Gasteiger partial charge in [0.1, 0.15) is 0 Å². The Bertz CT molecular complexity index is 740. The van der Waals surface area contributed by atoms with Gasteiger partial charge in [0.15, 0.2) is 0 Å². The van der Waals surface area contributed by atoms with Crippen LogP contribution in [0.2, 0.25) is 10.0 Å². The number of halogens is 5. The fourth-order valence-electron chi connectivity index (χ4n) is 2.00. The third-order valence-electron chi connectivity index (χ3n) is 3.30. The number of alkyl halides is 2. The van der Waals surface area contributed by atoms with Crippen molar-refractivity contribution in [2.24, 2.45) is 0 Å². The normalized spacial score (nSPS) is 12.8. The molecular weight excluding hydrogens is 458 g/mol. The van der Waals surface area contributed by atoms with Gasteiger partial charge in [-0.05, 0) is 59.8 Å². The molecule has 0 radical (unpaired) electrons. The van der Waals surface area contributed by atoms with Gasteiger partial charge in [-0.3, -0.25) is 4.79 Å². The van der Waals surface area contributed by atoms with E-state index in [4.69, 9.17) is 23.2 Å². The molecule has 0 aliphatic carbocycles. The summed E-state index contributed by atoms with van der Waals surface area (Å²) < 4.78 is 29.8. The van der Waals surface area contributed by atoms with Crippen molar-refractivity contribution in [2.75, 3.05) is 0 Å². The minimum absolute atomic E-state index is 0.141. The zero-order chi connectivity index (χ0) is 17.2. The third-order valence-corrected chi connectivity index (χ3v) is 4.79. The average molecular weight is 470 g/mol. The first-order valence-electron chi connectivity index (χ1n) is 6.62. The summed E-state index contributed by atoms with van der Waals surface area (Å²) in [6, 6.07) is 9.07. The van der Waals surface area contributed by atoms with Crippen LogP contribution in [0.5, 0.6) is 0 Å². The molecule has 1 amide bonds. The van der Waals surface area contributed by atoms with Crippen LogP contribution < -0.4 is 5.32 Å². The van der Waals surface area contributed by atoms with Crippen LogP contribution >= 0.6 is 45.8 Å². The summed E-state index contributed by atoms with van der Waals surface area (Å²) in [5.74, 6) is -3.90. The lowest BCUT2D eigenvalue weighted by molar-refractivity contribution is -0.0355. The molecule has 2 aromatic rings. The van der Waals surface area contributed by atoms with Crippen molar-refractivity contribution >= 4 is 51.7 Å². The van der Waals surface area contributed by atoms with E-state index in [0.717, 1.165) is 0 Å². The zero-order valence-corrected chi connectivity index (χ0v) is 15.6. The molecule has 0 saturated carbocycles. The summed E-state index contributed by atoms with van der Waals surface area (Å²) in [6.45, 7) is 1.23. The monoisotopic (exact) mass is 469 g/mol. The molecule has 122 valence electrons. The molecule has 2 aromatic carbocycles. The maximum Gasteiger partial charge on any atom is 0.294 e. The standard InChI is InChI=1S/C16H12Cl2F2INO/c1-9(22-15(23)11-4-2-3-5-14(11)21)16(19,20)12-7-6-10(17)8-13(12)18/h2-9H,1H3,(H,22,23)/t9-/m0/s1. The van der Waals surface area contributed by atoms with E-state index in [1.807, 2.05) is 22.6 Å². The Labute approximate surface area is 156 Å². The van der Waals surface area contributed by atoms with E-state index in [0.29, 0.717) is 9.13 Å². The van der Waals surface area contributed by atoms with Crippen LogP contribution in [0.25, 0.3) is 0 Å². The first kappa shape index (κ1) is 18.4. The van der Waals surface area contributed by atoms with Gasteiger partial charge in [0.2, 0.25) is 0 Å². The Morgan fingerprint density at radius 1 is 1.22 bits per heavy atom. The Hall–Kier alpha value is -0.920. The number of carbonyl (C=O) groups is 1. The van der Waals surface area contributed by atoms with Crippen LogP contribution in [-0.2, 0) is 5.92 Å². The Kier molecular flexibility index (Phi) is 5.86. The molecule has 2 rings (SSSR count). The van der Waals surface area contributed by atoms with E-state index in [2.05, 4.69) is 5.32 Å². The SMILES string of the molecule is C[C@H](NC(=O)c1ccccc1I)C(F)(F)c1ccc(Cl)cc1Cl. The molecule has 0 aliphatic rings. The number of benzene rings is 2. The van der Waals surface area contributed by atoms with E-state index in [1.54, 1.807) is 24.3 Å². The van der Waals surface area contributed by atoms with Crippen molar-refractivity contribution in [3.63, 3.8) is 0 Å². The number of amides is 1. The molecule has 0 saturated heterocycles.